The average Bonchev–Trinajstić information content (AvgIpc) is 3.24. The highest BCUT2D eigenvalue weighted by Crippen LogP contribution is 2.24. The number of anilines is 1. The average molecular weight is 331 g/mol. The van der Waals surface area contributed by atoms with Gasteiger partial charge < -0.3 is 14.3 Å². The summed E-state index contributed by atoms with van der Waals surface area (Å²) >= 11 is 1.47. The predicted octanol–water partition coefficient (Wildman–Crippen LogP) is 2.42. The summed E-state index contributed by atoms with van der Waals surface area (Å²) in [6.07, 6.45) is 0. The van der Waals surface area contributed by atoms with Gasteiger partial charge in [0.25, 0.3) is 11.8 Å². The lowest BCUT2D eigenvalue weighted by Crippen LogP contribution is -2.12. The Bertz CT molecular complexity index is 768. The second-order valence-corrected chi connectivity index (χ2v) is 5.39. The number of nitrogens with zero attached hydrogens (tertiary/aromatic N) is 2. The molecule has 1 aromatic carbocycles. The number of ether oxygens (including phenoxy) is 1. The van der Waals surface area contributed by atoms with E-state index < -0.39 is 0 Å². The van der Waals surface area contributed by atoms with Gasteiger partial charge in [-0.15, -0.1) is 16.4 Å². The van der Waals surface area contributed by atoms with Crippen LogP contribution in [0.2, 0.25) is 0 Å². The van der Waals surface area contributed by atoms with Crippen molar-refractivity contribution in [1.29, 1.82) is 0 Å². The molecule has 0 bridgehead atoms. The Labute approximate surface area is 135 Å². The molecule has 0 aliphatic heterocycles. The summed E-state index contributed by atoms with van der Waals surface area (Å²) in [7, 11) is 0. The predicted molar refractivity (Wildman–Crippen MR) is 84.6 cm³/mol. The Morgan fingerprint density at radius 3 is 2.78 bits per heavy atom. The number of rotatable bonds is 6. The normalized spacial score (nSPS) is 10.5. The smallest absolute Gasteiger partial charge is 0.322 e. The second kappa shape index (κ2) is 7.03. The van der Waals surface area contributed by atoms with Gasteiger partial charge in [0, 0.05) is 5.56 Å². The minimum absolute atomic E-state index is 0.0407. The molecule has 1 amide bonds. The lowest BCUT2D eigenvalue weighted by atomic mass is 10.2. The number of aliphatic hydroxyl groups is 1. The number of carbonyl (C=O) groups is 1. The molecule has 7 nitrogen and oxygen atoms in total. The number of hydrogen-bond acceptors (Lipinski definition) is 7. The molecular formula is C15H13N3O4S. The van der Waals surface area contributed by atoms with Crippen molar-refractivity contribution in [2.24, 2.45) is 0 Å². The Morgan fingerprint density at radius 1 is 1.26 bits per heavy atom. The van der Waals surface area contributed by atoms with Crippen molar-refractivity contribution in [3.63, 3.8) is 0 Å². The lowest BCUT2D eigenvalue weighted by molar-refractivity contribution is 0.102. The van der Waals surface area contributed by atoms with E-state index in [2.05, 4.69) is 15.5 Å². The number of aliphatic hydroxyl groups excluding tert-OH is 1. The first kappa shape index (κ1) is 15.2. The molecule has 8 heteroatoms. The Hall–Kier alpha value is -2.71. The monoisotopic (exact) mass is 331 g/mol. The molecule has 3 rings (SSSR count). The van der Waals surface area contributed by atoms with Crippen LogP contribution in [0.5, 0.6) is 5.75 Å². The summed E-state index contributed by atoms with van der Waals surface area (Å²) in [6, 6.07) is 10.3. The van der Waals surface area contributed by atoms with E-state index in [0.717, 1.165) is 4.88 Å². The van der Waals surface area contributed by atoms with Gasteiger partial charge in [-0.05, 0) is 35.7 Å². The standard InChI is InChI=1S/C15H13N3O4S/c19-7-8-21-11-5-3-10(4-6-11)13(20)16-15-18-17-14(22-15)12-2-1-9-23-12/h1-6,9,19H,7-8H2,(H,16,18,20). The molecule has 0 fully saturated rings. The maximum absolute atomic E-state index is 12.1. The van der Waals surface area contributed by atoms with Crippen LogP contribution in [0.1, 0.15) is 10.4 Å². The quantitative estimate of drug-likeness (QED) is 0.720. The van der Waals surface area contributed by atoms with E-state index >= 15 is 0 Å². The number of amides is 1. The molecule has 0 radical (unpaired) electrons. The van der Waals surface area contributed by atoms with Crippen LogP contribution in [0, 0.1) is 0 Å². The largest absolute Gasteiger partial charge is 0.491 e. The van der Waals surface area contributed by atoms with Crippen molar-refractivity contribution in [3.05, 3.63) is 47.3 Å². The summed E-state index contributed by atoms with van der Waals surface area (Å²) in [5.74, 6) is 0.580. The van der Waals surface area contributed by atoms with Crippen molar-refractivity contribution < 1.29 is 19.1 Å². The van der Waals surface area contributed by atoms with Gasteiger partial charge in [-0.1, -0.05) is 11.2 Å². The lowest BCUT2D eigenvalue weighted by Gasteiger charge is -2.05. The van der Waals surface area contributed by atoms with Crippen LogP contribution in [-0.4, -0.2) is 34.4 Å². The minimum atomic E-state index is -0.361. The molecule has 2 heterocycles. The van der Waals surface area contributed by atoms with Crippen LogP contribution in [0.15, 0.2) is 46.2 Å². The topological polar surface area (TPSA) is 97.5 Å². The first-order valence-electron chi connectivity index (χ1n) is 6.79. The zero-order valence-electron chi connectivity index (χ0n) is 11.9. The molecule has 0 unspecified atom stereocenters. The fourth-order valence-corrected chi connectivity index (χ4v) is 2.45. The molecule has 0 spiro atoms. The number of benzene rings is 1. The SMILES string of the molecule is O=C(Nc1nnc(-c2cccs2)o1)c1ccc(OCCO)cc1. The molecule has 0 saturated heterocycles. The van der Waals surface area contributed by atoms with Crippen molar-refractivity contribution in [2.45, 2.75) is 0 Å². The molecule has 2 N–H and O–H groups in total. The van der Waals surface area contributed by atoms with Crippen LogP contribution in [0.25, 0.3) is 10.8 Å². The van der Waals surface area contributed by atoms with Crippen molar-refractivity contribution >= 4 is 23.3 Å². The van der Waals surface area contributed by atoms with Gasteiger partial charge in [0.05, 0.1) is 11.5 Å². The fourth-order valence-electron chi connectivity index (χ4n) is 1.81. The van der Waals surface area contributed by atoms with Crippen LogP contribution >= 0.6 is 11.3 Å². The van der Waals surface area contributed by atoms with Gasteiger partial charge in [-0.2, -0.15) is 0 Å². The molecule has 0 atom stereocenters. The number of hydrogen-bond donors (Lipinski definition) is 2. The molecule has 3 aromatic rings. The molecule has 0 saturated carbocycles. The molecule has 118 valence electrons. The number of nitrogens with one attached hydrogen (secondary N) is 1. The third-order valence-electron chi connectivity index (χ3n) is 2.85. The summed E-state index contributed by atoms with van der Waals surface area (Å²) in [6.45, 7) is 0.144. The molecular weight excluding hydrogens is 318 g/mol. The van der Waals surface area contributed by atoms with Gasteiger partial charge in [-0.3, -0.25) is 10.1 Å². The van der Waals surface area contributed by atoms with E-state index in [9.17, 15) is 4.79 Å². The van der Waals surface area contributed by atoms with E-state index in [1.165, 1.54) is 11.3 Å². The maximum Gasteiger partial charge on any atom is 0.322 e. The Morgan fingerprint density at radius 2 is 2.09 bits per heavy atom. The van der Waals surface area contributed by atoms with Crippen LogP contribution in [0.4, 0.5) is 6.01 Å². The van der Waals surface area contributed by atoms with Gasteiger partial charge in [0.15, 0.2) is 0 Å². The van der Waals surface area contributed by atoms with Crippen molar-refractivity contribution in [1.82, 2.24) is 10.2 Å². The van der Waals surface area contributed by atoms with E-state index in [0.29, 0.717) is 17.2 Å². The number of carbonyl (C=O) groups excluding carboxylic acids is 1. The summed E-state index contributed by atoms with van der Waals surface area (Å²) in [5, 5.41) is 20.8. The highest BCUT2D eigenvalue weighted by atomic mass is 32.1. The molecule has 0 aliphatic rings. The second-order valence-electron chi connectivity index (χ2n) is 4.44. The Kier molecular flexibility index (Phi) is 4.65. The van der Waals surface area contributed by atoms with E-state index in [1.807, 2.05) is 17.5 Å². The molecule has 0 aliphatic carbocycles. The number of aromatic nitrogens is 2. The van der Waals surface area contributed by atoms with Crippen LogP contribution < -0.4 is 10.1 Å². The highest BCUT2D eigenvalue weighted by molar-refractivity contribution is 7.13. The number of thiophene rings is 1. The summed E-state index contributed by atoms with van der Waals surface area (Å²) < 4.78 is 10.6. The zero-order chi connectivity index (χ0) is 16.1. The van der Waals surface area contributed by atoms with Crippen LogP contribution in [-0.2, 0) is 0 Å². The summed E-state index contributed by atoms with van der Waals surface area (Å²) in [4.78, 5) is 13.0. The first-order chi connectivity index (χ1) is 11.3. The van der Waals surface area contributed by atoms with E-state index in [4.69, 9.17) is 14.3 Å². The van der Waals surface area contributed by atoms with E-state index in [-0.39, 0.29) is 25.1 Å². The third-order valence-corrected chi connectivity index (χ3v) is 3.71. The fraction of sp³-hybridized carbons (Fsp3) is 0.133. The van der Waals surface area contributed by atoms with Crippen LogP contribution in [0.3, 0.4) is 0 Å². The van der Waals surface area contributed by atoms with Crippen molar-refractivity contribution in [2.75, 3.05) is 18.5 Å². The van der Waals surface area contributed by atoms with Gasteiger partial charge >= 0.3 is 6.01 Å². The van der Waals surface area contributed by atoms with Crippen molar-refractivity contribution in [3.8, 4) is 16.5 Å². The zero-order valence-corrected chi connectivity index (χ0v) is 12.7. The third kappa shape index (κ3) is 3.74. The van der Waals surface area contributed by atoms with Gasteiger partial charge in [-0.25, -0.2) is 0 Å². The van der Waals surface area contributed by atoms with E-state index in [1.54, 1.807) is 24.3 Å². The summed E-state index contributed by atoms with van der Waals surface area (Å²) in [5.41, 5.74) is 0.428. The van der Waals surface area contributed by atoms with Gasteiger partial charge in [0.2, 0.25) is 0 Å². The first-order valence-corrected chi connectivity index (χ1v) is 7.66. The minimum Gasteiger partial charge on any atom is -0.491 e. The van der Waals surface area contributed by atoms with Gasteiger partial charge in [0.1, 0.15) is 12.4 Å². The Balaban J connectivity index is 1.65. The highest BCUT2D eigenvalue weighted by Gasteiger charge is 2.13. The molecule has 23 heavy (non-hydrogen) atoms. The molecule has 2 aromatic heterocycles. The maximum atomic E-state index is 12.1.